The number of nitrogens with zero attached hydrogens (tertiary/aromatic N) is 2. The molecule has 1 atom stereocenters. The summed E-state index contributed by atoms with van der Waals surface area (Å²) in [4.78, 5) is 12.8. The largest absolute Gasteiger partial charge is 0.488 e. The van der Waals surface area contributed by atoms with Crippen molar-refractivity contribution in [2.24, 2.45) is 10.5 Å². The van der Waals surface area contributed by atoms with Crippen LogP contribution in [-0.2, 0) is 26.0 Å². The zero-order chi connectivity index (χ0) is 21.5. The minimum Gasteiger partial charge on any atom is -0.488 e. The van der Waals surface area contributed by atoms with Crippen molar-refractivity contribution in [3.63, 3.8) is 0 Å². The first-order valence-corrected chi connectivity index (χ1v) is 11.8. The van der Waals surface area contributed by atoms with Crippen molar-refractivity contribution >= 4 is 20.1 Å². The smallest absolute Gasteiger partial charge is 0.141 e. The van der Waals surface area contributed by atoms with Crippen LogP contribution >= 0.6 is 8.73 Å². The number of rotatable bonds is 4. The Labute approximate surface area is 184 Å². The summed E-state index contributed by atoms with van der Waals surface area (Å²) in [5.41, 5.74) is 16.3. The normalized spacial score (nSPS) is 14.8. The third-order valence-electron chi connectivity index (χ3n) is 5.86. The lowest BCUT2D eigenvalue weighted by atomic mass is 9.85. The zero-order valence-corrected chi connectivity index (χ0v) is 19.2. The van der Waals surface area contributed by atoms with Crippen LogP contribution in [0, 0.1) is 0 Å². The average molecular weight is 433 g/mol. The summed E-state index contributed by atoms with van der Waals surface area (Å²) >= 11 is 0. The molecule has 1 aliphatic heterocycles. The predicted molar refractivity (Wildman–Crippen MR) is 128 cm³/mol. The molecule has 1 aromatic heterocycles. The second kappa shape index (κ2) is 8.10. The standard InChI is InChI=1S/C24H28N5OP/c1-13(2)27-14(3)26-11-15-4-6-18-19-9-16-5-7-21-23(29-24(28-21)31-25)20(16)10-17(19)12-30-22(18)8-15/h4,6,8-10,13,31H,5,7,11-12,25H2,1-3H3,(H,26,27)(H,28,29). The highest BCUT2D eigenvalue weighted by molar-refractivity contribution is 7.43. The molecule has 2 heterocycles. The number of aryl methyl sites for hydroxylation is 2. The van der Waals surface area contributed by atoms with E-state index >= 15 is 0 Å². The van der Waals surface area contributed by atoms with E-state index in [4.69, 9.17) is 15.2 Å². The zero-order valence-electron chi connectivity index (χ0n) is 18.2. The molecule has 31 heavy (non-hydrogen) atoms. The minimum atomic E-state index is 0.191. The van der Waals surface area contributed by atoms with Gasteiger partial charge in [0, 0.05) is 31.6 Å². The van der Waals surface area contributed by atoms with E-state index in [0.717, 1.165) is 46.8 Å². The highest BCUT2D eigenvalue weighted by atomic mass is 31.1. The van der Waals surface area contributed by atoms with E-state index < -0.39 is 0 Å². The summed E-state index contributed by atoms with van der Waals surface area (Å²) in [5, 5.41) is 3.33. The third kappa shape index (κ3) is 3.86. The van der Waals surface area contributed by atoms with Gasteiger partial charge < -0.3 is 20.5 Å². The van der Waals surface area contributed by atoms with Crippen molar-refractivity contribution in [2.45, 2.75) is 52.8 Å². The molecule has 4 N–H and O–H groups in total. The number of nitrogens with two attached hydrogens (primary N) is 1. The van der Waals surface area contributed by atoms with Gasteiger partial charge in [-0.2, -0.15) is 0 Å². The molecule has 2 aliphatic rings. The van der Waals surface area contributed by atoms with E-state index in [1.165, 1.54) is 27.9 Å². The number of aromatic amines is 1. The fraction of sp³-hybridized carbons (Fsp3) is 0.333. The molecule has 2 aromatic carbocycles. The molecule has 0 spiro atoms. The van der Waals surface area contributed by atoms with Crippen LogP contribution in [0.15, 0.2) is 35.3 Å². The quantitative estimate of drug-likeness (QED) is 0.332. The Hall–Kier alpha value is -2.69. The predicted octanol–water partition coefficient (Wildman–Crippen LogP) is 3.83. The summed E-state index contributed by atoms with van der Waals surface area (Å²) in [5.74, 6) is 1.90. The van der Waals surface area contributed by atoms with E-state index in [9.17, 15) is 0 Å². The lowest BCUT2D eigenvalue weighted by molar-refractivity contribution is 0.302. The van der Waals surface area contributed by atoms with Crippen LogP contribution < -0.4 is 21.1 Å². The van der Waals surface area contributed by atoms with Crippen LogP contribution in [0.1, 0.15) is 43.2 Å². The number of H-pyrrole nitrogens is 1. The number of amidine groups is 1. The molecule has 160 valence electrons. The maximum absolute atomic E-state index is 6.16. The number of fused-ring (bicyclic) bond motifs is 6. The molecule has 0 bridgehead atoms. The lowest BCUT2D eigenvalue weighted by Crippen LogP contribution is -2.27. The van der Waals surface area contributed by atoms with Crippen molar-refractivity contribution in [3.05, 3.63) is 52.7 Å². The Bertz CT molecular complexity index is 1180. The van der Waals surface area contributed by atoms with Crippen LogP contribution in [0.2, 0.25) is 0 Å². The molecule has 3 aromatic rings. The third-order valence-corrected chi connectivity index (χ3v) is 6.37. The molecule has 1 aliphatic carbocycles. The number of aliphatic imine (C=N–C) groups is 1. The van der Waals surface area contributed by atoms with Crippen molar-refractivity contribution in [1.82, 2.24) is 15.3 Å². The average Bonchev–Trinajstić information content (AvgIpc) is 3.20. The molecule has 0 amide bonds. The number of imidazole rings is 1. The summed E-state index contributed by atoms with van der Waals surface area (Å²) in [6, 6.07) is 11.4. The Morgan fingerprint density at radius 3 is 2.84 bits per heavy atom. The van der Waals surface area contributed by atoms with Crippen molar-refractivity contribution in [3.8, 4) is 28.1 Å². The summed E-state index contributed by atoms with van der Waals surface area (Å²) in [6.45, 7) is 7.46. The van der Waals surface area contributed by atoms with Crippen LogP contribution in [0.4, 0.5) is 0 Å². The number of nitrogens with one attached hydrogen (secondary N) is 2. The number of hydrogen-bond donors (Lipinski definition) is 3. The first-order chi connectivity index (χ1) is 15.0. The number of aromatic nitrogens is 2. The molecular formula is C24H28N5OP. The Morgan fingerprint density at radius 1 is 1.19 bits per heavy atom. The summed E-state index contributed by atoms with van der Waals surface area (Å²) in [7, 11) is 0.191. The number of ether oxygens (including phenoxy) is 1. The van der Waals surface area contributed by atoms with Crippen LogP contribution in [-0.4, -0.2) is 21.8 Å². The first-order valence-electron chi connectivity index (χ1n) is 10.8. The van der Waals surface area contributed by atoms with Gasteiger partial charge in [-0.3, -0.25) is 4.99 Å². The monoisotopic (exact) mass is 433 g/mol. The maximum Gasteiger partial charge on any atom is 0.141 e. The Kier molecular flexibility index (Phi) is 5.28. The van der Waals surface area contributed by atoms with E-state index in [2.05, 4.69) is 59.5 Å². The molecule has 0 fully saturated rings. The van der Waals surface area contributed by atoms with Crippen LogP contribution in [0.5, 0.6) is 5.75 Å². The lowest BCUT2D eigenvalue weighted by Gasteiger charge is -2.25. The highest BCUT2D eigenvalue weighted by Gasteiger charge is 2.25. The molecule has 0 saturated heterocycles. The van der Waals surface area contributed by atoms with E-state index in [1.54, 1.807) is 0 Å². The Balaban J connectivity index is 1.46. The fourth-order valence-corrected chi connectivity index (χ4v) is 4.86. The van der Waals surface area contributed by atoms with Gasteiger partial charge in [0.15, 0.2) is 0 Å². The fourth-order valence-electron chi connectivity index (χ4n) is 4.46. The van der Waals surface area contributed by atoms with Gasteiger partial charge in [-0.05, 0) is 74.1 Å². The van der Waals surface area contributed by atoms with Crippen LogP contribution in [0.3, 0.4) is 0 Å². The molecular weight excluding hydrogens is 405 g/mol. The second-order valence-electron chi connectivity index (χ2n) is 8.54. The van der Waals surface area contributed by atoms with Gasteiger partial charge in [-0.25, -0.2) is 4.98 Å². The van der Waals surface area contributed by atoms with E-state index in [-0.39, 0.29) is 8.73 Å². The molecule has 5 rings (SSSR count). The molecule has 0 saturated carbocycles. The summed E-state index contributed by atoms with van der Waals surface area (Å²) in [6.07, 6.45) is 1.98. The summed E-state index contributed by atoms with van der Waals surface area (Å²) < 4.78 is 6.16. The highest BCUT2D eigenvalue weighted by Crippen LogP contribution is 2.42. The van der Waals surface area contributed by atoms with E-state index in [1.807, 2.05) is 6.92 Å². The minimum absolute atomic E-state index is 0.191. The SMILES string of the molecule is CC(=NCc1ccc2c(c1)OCc1cc3c(cc1-2)CCc1[nH]c(PN)nc1-3)NC(C)C. The second-order valence-corrected chi connectivity index (χ2v) is 9.31. The van der Waals surface area contributed by atoms with Crippen molar-refractivity contribution in [2.75, 3.05) is 0 Å². The van der Waals surface area contributed by atoms with E-state index in [0.29, 0.717) is 19.2 Å². The number of benzene rings is 2. The van der Waals surface area contributed by atoms with Crippen molar-refractivity contribution in [1.29, 1.82) is 0 Å². The van der Waals surface area contributed by atoms with Gasteiger partial charge in [-0.1, -0.05) is 12.1 Å². The number of hydrogen-bond acceptors (Lipinski definition) is 4. The van der Waals surface area contributed by atoms with Crippen LogP contribution in [0.25, 0.3) is 22.4 Å². The van der Waals surface area contributed by atoms with Gasteiger partial charge in [0.05, 0.1) is 18.1 Å². The molecule has 6 nitrogen and oxygen atoms in total. The Morgan fingerprint density at radius 2 is 2.03 bits per heavy atom. The van der Waals surface area contributed by atoms with Gasteiger partial charge in [-0.15, -0.1) is 0 Å². The van der Waals surface area contributed by atoms with Gasteiger partial charge in [0.2, 0.25) is 0 Å². The van der Waals surface area contributed by atoms with Gasteiger partial charge in [0.1, 0.15) is 17.9 Å². The van der Waals surface area contributed by atoms with Gasteiger partial charge >= 0.3 is 0 Å². The molecule has 0 radical (unpaired) electrons. The molecule has 1 unspecified atom stereocenters. The maximum atomic E-state index is 6.16. The topological polar surface area (TPSA) is 88.3 Å². The molecule has 7 heteroatoms. The van der Waals surface area contributed by atoms with Crippen molar-refractivity contribution < 1.29 is 4.74 Å². The first kappa shape index (κ1) is 20.2. The van der Waals surface area contributed by atoms with Gasteiger partial charge in [0.25, 0.3) is 0 Å².